The number of rotatable bonds is 7. The van der Waals surface area contributed by atoms with Crippen molar-refractivity contribution in [2.75, 3.05) is 0 Å². The Morgan fingerprint density at radius 1 is 1.24 bits per heavy atom. The first-order valence-corrected chi connectivity index (χ1v) is 9.96. The Morgan fingerprint density at radius 3 is 2.62 bits per heavy atom. The second-order valence-electron chi connectivity index (χ2n) is 5.14. The largest absolute Gasteiger partial charge is 0.310 e. The van der Waals surface area contributed by atoms with Crippen LogP contribution in [-0.4, -0.2) is 14.5 Å². The second-order valence-corrected chi connectivity index (χ2v) is 8.90. The average Bonchev–Trinajstić information content (AvgIpc) is 3.03. The number of hydrogen-bond acceptors (Lipinski definition) is 5. The molecule has 0 radical (unpaired) electrons. The van der Waals surface area contributed by atoms with Gasteiger partial charge in [-0.3, -0.25) is 0 Å². The van der Waals surface area contributed by atoms with E-state index in [-0.39, 0.29) is 0 Å². The first kappa shape index (κ1) is 16.6. The summed E-state index contributed by atoms with van der Waals surface area (Å²) in [5, 5.41) is 6.95. The van der Waals surface area contributed by atoms with Gasteiger partial charge in [-0.15, -0.1) is 22.7 Å². The lowest BCUT2D eigenvalue weighted by atomic mass is 10.3. The highest BCUT2D eigenvalue weighted by Gasteiger charge is 2.16. The van der Waals surface area contributed by atoms with Crippen molar-refractivity contribution in [3.8, 4) is 0 Å². The van der Waals surface area contributed by atoms with E-state index in [1.165, 1.54) is 11.3 Å². The maximum atomic E-state index is 12.3. The van der Waals surface area contributed by atoms with Crippen LogP contribution in [0.1, 0.15) is 29.2 Å². The van der Waals surface area contributed by atoms with Gasteiger partial charge in [0.05, 0.1) is 4.90 Å². The Hall–Kier alpha value is -0.730. The molecule has 116 valence electrons. The van der Waals surface area contributed by atoms with Gasteiger partial charge in [-0.1, -0.05) is 13.8 Å². The first-order chi connectivity index (χ1) is 9.88. The molecule has 0 aliphatic rings. The molecule has 0 amide bonds. The molecule has 0 spiro atoms. The Morgan fingerprint density at radius 2 is 2.00 bits per heavy atom. The van der Waals surface area contributed by atoms with E-state index in [1.54, 1.807) is 22.8 Å². The summed E-state index contributed by atoms with van der Waals surface area (Å²) in [7, 11) is -3.43. The van der Waals surface area contributed by atoms with Crippen LogP contribution in [0, 0.1) is 6.92 Å². The summed E-state index contributed by atoms with van der Waals surface area (Å²) in [4.78, 5) is 2.43. The maximum absolute atomic E-state index is 12.3. The normalized spacial score (nSPS) is 12.2. The molecule has 0 bridgehead atoms. The van der Waals surface area contributed by atoms with Crippen molar-refractivity contribution in [1.82, 2.24) is 10.0 Å². The van der Waals surface area contributed by atoms with Gasteiger partial charge in [0.1, 0.15) is 0 Å². The van der Waals surface area contributed by atoms with Crippen LogP contribution in [0.5, 0.6) is 0 Å². The van der Waals surface area contributed by atoms with E-state index in [4.69, 9.17) is 0 Å². The van der Waals surface area contributed by atoms with Gasteiger partial charge < -0.3 is 5.32 Å². The number of hydrogen-bond donors (Lipinski definition) is 2. The van der Waals surface area contributed by atoms with E-state index >= 15 is 0 Å². The van der Waals surface area contributed by atoms with Crippen LogP contribution in [0.25, 0.3) is 0 Å². The first-order valence-electron chi connectivity index (χ1n) is 6.72. The highest BCUT2D eigenvalue weighted by atomic mass is 32.2. The van der Waals surface area contributed by atoms with Crippen molar-refractivity contribution >= 4 is 32.7 Å². The lowest BCUT2D eigenvalue weighted by Gasteiger charge is -2.06. The van der Waals surface area contributed by atoms with Crippen LogP contribution in [0.15, 0.2) is 27.8 Å². The SMILES string of the molecule is Cc1ccsc1CNS(=O)(=O)c1csc(CNC(C)C)c1. The van der Waals surface area contributed by atoms with Crippen molar-refractivity contribution in [3.05, 3.63) is 38.2 Å². The van der Waals surface area contributed by atoms with Gasteiger partial charge >= 0.3 is 0 Å². The molecular weight excluding hydrogens is 324 g/mol. The molecular formula is C14H20N2O2S3. The zero-order chi connectivity index (χ0) is 15.5. The lowest BCUT2D eigenvalue weighted by Crippen LogP contribution is -2.23. The van der Waals surface area contributed by atoms with Gasteiger partial charge in [0, 0.05) is 34.3 Å². The smallest absolute Gasteiger partial charge is 0.241 e. The summed E-state index contributed by atoms with van der Waals surface area (Å²) < 4.78 is 27.2. The molecule has 0 saturated heterocycles. The van der Waals surface area contributed by atoms with Crippen molar-refractivity contribution in [2.45, 2.75) is 44.8 Å². The molecule has 4 nitrogen and oxygen atoms in total. The molecule has 0 atom stereocenters. The molecule has 7 heteroatoms. The van der Waals surface area contributed by atoms with Crippen molar-refractivity contribution in [2.24, 2.45) is 0 Å². The van der Waals surface area contributed by atoms with Gasteiger partial charge in [0.2, 0.25) is 10.0 Å². The molecule has 0 aliphatic carbocycles. The van der Waals surface area contributed by atoms with Crippen LogP contribution >= 0.6 is 22.7 Å². The minimum atomic E-state index is -3.43. The molecule has 0 unspecified atom stereocenters. The van der Waals surface area contributed by atoms with Gasteiger partial charge in [0.25, 0.3) is 0 Å². The third-order valence-electron chi connectivity index (χ3n) is 3.02. The fourth-order valence-corrected chi connectivity index (χ4v) is 4.89. The standard InChI is InChI=1S/C14H20N2O2S3/c1-10(2)15-7-12-6-13(9-20-12)21(17,18)16-8-14-11(3)4-5-19-14/h4-6,9-10,15-16H,7-8H2,1-3H3. The van der Waals surface area contributed by atoms with E-state index in [0.717, 1.165) is 15.3 Å². The van der Waals surface area contributed by atoms with Crippen molar-refractivity contribution in [3.63, 3.8) is 0 Å². The highest BCUT2D eigenvalue weighted by Crippen LogP contribution is 2.21. The second kappa shape index (κ2) is 7.02. The molecule has 2 aromatic rings. The maximum Gasteiger partial charge on any atom is 0.241 e. The number of thiophene rings is 2. The van der Waals surface area contributed by atoms with Crippen LogP contribution in [0.4, 0.5) is 0 Å². The quantitative estimate of drug-likeness (QED) is 0.811. The summed E-state index contributed by atoms with van der Waals surface area (Å²) in [5.41, 5.74) is 1.12. The lowest BCUT2D eigenvalue weighted by molar-refractivity contribution is 0.581. The highest BCUT2D eigenvalue weighted by molar-refractivity contribution is 7.89. The Bertz CT molecular complexity index is 687. The molecule has 2 N–H and O–H groups in total. The van der Waals surface area contributed by atoms with Crippen LogP contribution in [-0.2, 0) is 23.1 Å². The van der Waals surface area contributed by atoms with Gasteiger partial charge in [-0.25, -0.2) is 13.1 Å². The van der Waals surface area contributed by atoms with Gasteiger partial charge in [-0.05, 0) is 30.0 Å². The predicted octanol–water partition coefficient (Wildman–Crippen LogP) is 3.09. The Kier molecular flexibility index (Phi) is 5.56. The Labute approximate surface area is 134 Å². The molecule has 2 aromatic heterocycles. The summed E-state index contributed by atoms with van der Waals surface area (Å²) in [5.74, 6) is 0. The van der Waals surface area contributed by atoms with Gasteiger partial charge in [0.15, 0.2) is 0 Å². The fourth-order valence-electron chi connectivity index (χ4n) is 1.73. The molecule has 2 heterocycles. The third kappa shape index (κ3) is 4.62. The molecule has 0 aromatic carbocycles. The zero-order valence-electron chi connectivity index (χ0n) is 12.3. The van der Waals surface area contributed by atoms with Crippen LogP contribution in [0.3, 0.4) is 0 Å². The minimum Gasteiger partial charge on any atom is -0.310 e. The molecule has 21 heavy (non-hydrogen) atoms. The van der Waals surface area contributed by atoms with E-state index in [9.17, 15) is 8.42 Å². The monoisotopic (exact) mass is 344 g/mol. The van der Waals surface area contributed by atoms with Crippen molar-refractivity contribution in [1.29, 1.82) is 0 Å². The number of aryl methyl sites for hydroxylation is 1. The van der Waals surface area contributed by atoms with E-state index in [2.05, 4.69) is 23.9 Å². The van der Waals surface area contributed by atoms with E-state index in [1.807, 2.05) is 18.4 Å². The zero-order valence-corrected chi connectivity index (χ0v) is 14.8. The Balaban J connectivity index is 2.01. The summed E-state index contributed by atoms with van der Waals surface area (Å²) in [6, 6.07) is 4.12. The molecule has 2 rings (SSSR count). The van der Waals surface area contributed by atoms with E-state index < -0.39 is 10.0 Å². The van der Waals surface area contributed by atoms with E-state index in [0.29, 0.717) is 24.0 Å². The average molecular weight is 345 g/mol. The fraction of sp³-hybridized carbons (Fsp3) is 0.429. The minimum absolute atomic E-state index is 0.348. The molecule has 0 aliphatic heterocycles. The van der Waals surface area contributed by atoms with Crippen LogP contribution < -0.4 is 10.0 Å². The number of sulfonamides is 1. The molecule has 0 saturated carbocycles. The summed E-state index contributed by atoms with van der Waals surface area (Å²) in [6.07, 6.45) is 0. The van der Waals surface area contributed by atoms with Gasteiger partial charge in [-0.2, -0.15) is 0 Å². The summed E-state index contributed by atoms with van der Waals surface area (Å²) >= 11 is 3.03. The number of nitrogens with one attached hydrogen (secondary N) is 2. The topological polar surface area (TPSA) is 58.2 Å². The van der Waals surface area contributed by atoms with Crippen molar-refractivity contribution < 1.29 is 8.42 Å². The predicted molar refractivity (Wildman–Crippen MR) is 89.4 cm³/mol. The summed E-state index contributed by atoms with van der Waals surface area (Å²) in [6.45, 7) is 7.16. The third-order valence-corrected chi connectivity index (χ3v) is 6.51. The van der Waals surface area contributed by atoms with Crippen LogP contribution in [0.2, 0.25) is 0 Å². The molecule has 0 fully saturated rings.